The van der Waals surface area contributed by atoms with Gasteiger partial charge in [0.15, 0.2) is 0 Å². The summed E-state index contributed by atoms with van der Waals surface area (Å²) in [5.74, 6) is 0. The second-order valence-electron chi connectivity index (χ2n) is 2.07. The van der Waals surface area contributed by atoms with Crippen molar-refractivity contribution in [3.63, 3.8) is 0 Å². The minimum absolute atomic E-state index is 0.984. The highest BCUT2D eigenvalue weighted by atomic mass is 35.7. The summed E-state index contributed by atoms with van der Waals surface area (Å²) in [6, 6.07) is 1.97. The van der Waals surface area contributed by atoms with E-state index in [0.717, 1.165) is 24.9 Å². The van der Waals surface area contributed by atoms with E-state index in [1.165, 1.54) is 0 Å². The Morgan fingerprint density at radius 2 is 1.00 bits per heavy atom. The van der Waals surface area contributed by atoms with E-state index in [4.69, 9.17) is 44.3 Å². The van der Waals surface area contributed by atoms with Crippen molar-refractivity contribution in [1.82, 2.24) is 0 Å². The van der Waals surface area contributed by atoms with Crippen LogP contribution in [0.25, 0.3) is 0 Å². The molecule has 0 aliphatic heterocycles. The monoisotopic (exact) mass is 254 g/mol. The van der Waals surface area contributed by atoms with Crippen molar-refractivity contribution in [2.45, 2.75) is 24.9 Å². The third-order valence-electron chi connectivity index (χ3n) is 1.09. The predicted octanol–water partition coefficient (Wildman–Crippen LogP) is 3.16. The second-order valence-corrected chi connectivity index (χ2v) is 12.4. The van der Waals surface area contributed by atoms with Gasteiger partial charge >= 0.3 is 0 Å². The minimum atomic E-state index is -1.36. The quantitative estimate of drug-likeness (QED) is 0.402. The molecule has 0 aromatic heterocycles. The van der Waals surface area contributed by atoms with Crippen LogP contribution in [0.2, 0.25) is 12.1 Å². The maximum atomic E-state index is 5.64. The molecule has 0 rings (SSSR count). The predicted molar refractivity (Wildman–Crippen MR) is 56.6 cm³/mol. The standard InChI is InChI=1S/C4H10Cl4Si2/c5-9(6)3-1-2-4-10(7)8/h9-10H,1-4H2. The fraction of sp³-hybridized carbons (Fsp3) is 1.00. The molecule has 0 spiro atoms. The van der Waals surface area contributed by atoms with Gasteiger partial charge < -0.3 is 0 Å². The summed E-state index contributed by atoms with van der Waals surface area (Å²) in [4.78, 5) is 0. The Bertz CT molecular complexity index is 67.7. The Balaban J connectivity index is 2.91. The van der Waals surface area contributed by atoms with Crippen LogP contribution in [0, 0.1) is 0 Å². The molecule has 0 nitrogen and oxygen atoms in total. The van der Waals surface area contributed by atoms with Gasteiger partial charge in [-0.1, -0.05) is 12.8 Å². The maximum absolute atomic E-state index is 5.64. The van der Waals surface area contributed by atoms with E-state index in [1.54, 1.807) is 0 Å². The fourth-order valence-electron chi connectivity index (χ4n) is 0.597. The van der Waals surface area contributed by atoms with E-state index in [2.05, 4.69) is 0 Å². The molecule has 0 amide bonds. The van der Waals surface area contributed by atoms with E-state index in [1.807, 2.05) is 0 Å². The second kappa shape index (κ2) is 7.25. The molecule has 0 bridgehead atoms. The van der Waals surface area contributed by atoms with E-state index < -0.39 is 14.8 Å². The zero-order valence-corrected chi connectivity index (χ0v) is 10.8. The molecule has 0 aliphatic rings. The van der Waals surface area contributed by atoms with Gasteiger partial charge in [0.25, 0.3) is 0 Å². The van der Waals surface area contributed by atoms with Crippen LogP contribution in [0.15, 0.2) is 0 Å². The first-order valence-electron chi connectivity index (χ1n) is 3.19. The molecule has 0 aromatic carbocycles. The van der Waals surface area contributed by atoms with Gasteiger partial charge in [-0.3, -0.25) is 0 Å². The lowest BCUT2D eigenvalue weighted by Crippen LogP contribution is -1.94. The molecule has 6 heteroatoms. The van der Waals surface area contributed by atoms with E-state index >= 15 is 0 Å². The topological polar surface area (TPSA) is 0 Å². The summed E-state index contributed by atoms with van der Waals surface area (Å²) in [6.45, 7) is 0. The molecule has 0 atom stereocenters. The van der Waals surface area contributed by atoms with Crippen LogP contribution in [0.3, 0.4) is 0 Å². The van der Waals surface area contributed by atoms with Gasteiger partial charge in [-0.15, -0.1) is 0 Å². The van der Waals surface area contributed by atoms with Crippen LogP contribution in [-0.4, -0.2) is 14.8 Å². The van der Waals surface area contributed by atoms with Gasteiger partial charge in [0, 0.05) is 0 Å². The van der Waals surface area contributed by atoms with E-state index in [0.29, 0.717) is 0 Å². The average molecular weight is 256 g/mol. The lowest BCUT2D eigenvalue weighted by Gasteiger charge is -1.99. The Hall–Kier alpha value is 1.59. The van der Waals surface area contributed by atoms with Crippen molar-refractivity contribution in [1.29, 1.82) is 0 Å². The van der Waals surface area contributed by atoms with Crippen molar-refractivity contribution in [2.75, 3.05) is 0 Å². The largest absolute Gasteiger partial charge is 0.237 e. The van der Waals surface area contributed by atoms with Crippen LogP contribution >= 0.6 is 44.3 Å². The fourth-order valence-corrected chi connectivity index (χ4v) is 3.64. The molecule has 0 saturated heterocycles. The molecular formula is C4H10Cl4Si2. The van der Waals surface area contributed by atoms with Crippen molar-refractivity contribution in [2.24, 2.45) is 0 Å². The number of halogens is 4. The first-order valence-corrected chi connectivity index (χ1v) is 11.8. The van der Waals surface area contributed by atoms with Gasteiger partial charge in [-0.2, -0.15) is 44.3 Å². The lowest BCUT2D eigenvalue weighted by atomic mass is 10.4. The molecule has 0 aromatic rings. The highest BCUT2D eigenvalue weighted by Crippen LogP contribution is 2.13. The van der Waals surface area contributed by atoms with Crippen LogP contribution in [0.4, 0.5) is 0 Å². The highest BCUT2D eigenvalue weighted by molar-refractivity contribution is 7.34. The van der Waals surface area contributed by atoms with Gasteiger partial charge in [-0.25, -0.2) is 0 Å². The molecular weight excluding hydrogens is 246 g/mol. The van der Waals surface area contributed by atoms with Crippen molar-refractivity contribution in [3.8, 4) is 0 Å². The molecule has 0 N–H and O–H groups in total. The molecule has 0 aliphatic carbocycles. The normalized spacial score (nSPS) is 11.4. The van der Waals surface area contributed by atoms with Crippen molar-refractivity contribution in [3.05, 3.63) is 0 Å². The number of hydrogen-bond donors (Lipinski definition) is 0. The van der Waals surface area contributed by atoms with Crippen molar-refractivity contribution < 1.29 is 0 Å². The summed E-state index contributed by atoms with van der Waals surface area (Å²) in [5, 5.41) is 0. The Kier molecular flexibility index (Phi) is 8.41. The van der Waals surface area contributed by atoms with Gasteiger partial charge in [0.05, 0.1) is 0 Å². The van der Waals surface area contributed by atoms with Gasteiger partial charge in [0.1, 0.15) is 0 Å². The smallest absolute Gasteiger partial charge is 0.150 e. The Labute approximate surface area is 83.8 Å². The molecule has 62 valence electrons. The van der Waals surface area contributed by atoms with E-state index in [9.17, 15) is 0 Å². The molecule has 0 unspecified atom stereocenters. The van der Waals surface area contributed by atoms with Crippen LogP contribution in [0.1, 0.15) is 12.8 Å². The van der Waals surface area contributed by atoms with Crippen LogP contribution in [-0.2, 0) is 0 Å². The molecule has 10 heavy (non-hydrogen) atoms. The number of rotatable bonds is 5. The number of hydrogen-bond acceptors (Lipinski definition) is 0. The first-order chi connectivity index (χ1) is 4.63. The third-order valence-corrected chi connectivity index (χ3v) is 5.40. The van der Waals surface area contributed by atoms with Gasteiger partial charge in [0.2, 0.25) is 14.8 Å². The zero-order chi connectivity index (χ0) is 7.98. The summed E-state index contributed by atoms with van der Waals surface area (Å²) in [7, 11) is -2.72. The summed E-state index contributed by atoms with van der Waals surface area (Å²) >= 11 is 22.6. The van der Waals surface area contributed by atoms with Crippen LogP contribution in [0.5, 0.6) is 0 Å². The summed E-state index contributed by atoms with van der Waals surface area (Å²) < 4.78 is 0. The summed E-state index contributed by atoms with van der Waals surface area (Å²) in [6.07, 6.45) is 2.18. The average Bonchev–Trinajstić information content (AvgIpc) is 1.79. The zero-order valence-electron chi connectivity index (χ0n) is 5.49. The third kappa shape index (κ3) is 9.59. The molecule has 0 saturated carbocycles. The Morgan fingerprint density at radius 1 is 0.700 bits per heavy atom. The van der Waals surface area contributed by atoms with Crippen molar-refractivity contribution >= 4 is 59.1 Å². The lowest BCUT2D eigenvalue weighted by molar-refractivity contribution is 0.876. The Morgan fingerprint density at radius 3 is 1.20 bits per heavy atom. The minimum Gasteiger partial charge on any atom is -0.150 e. The van der Waals surface area contributed by atoms with Gasteiger partial charge in [-0.05, 0) is 12.1 Å². The molecule has 0 heterocycles. The molecule has 0 radical (unpaired) electrons. The first kappa shape index (κ1) is 11.6. The maximum Gasteiger partial charge on any atom is 0.237 e. The summed E-state index contributed by atoms with van der Waals surface area (Å²) in [5.41, 5.74) is 0. The molecule has 0 fully saturated rings. The number of unbranched alkanes of at least 4 members (excludes halogenated alkanes) is 1. The highest BCUT2D eigenvalue weighted by Gasteiger charge is 2.04. The SMILES string of the molecule is Cl[SiH](Cl)CCCC[SiH](Cl)Cl. The van der Waals surface area contributed by atoms with Crippen LogP contribution < -0.4 is 0 Å². The van der Waals surface area contributed by atoms with E-state index in [-0.39, 0.29) is 0 Å².